The Kier molecular flexibility index (Phi) is 3.44. The summed E-state index contributed by atoms with van der Waals surface area (Å²) >= 11 is 3.26. The number of fused-ring (bicyclic) bond motifs is 1. The van der Waals surface area contributed by atoms with Gasteiger partial charge in [-0.1, -0.05) is 24.8 Å². The molecule has 22 heavy (non-hydrogen) atoms. The van der Waals surface area contributed by atoms with Gasteiger partial charge in [0.15, 0.2) is 16.6 Å². The number of nitrogens with zero attached hydrogens (tertiary/aromatic N) is 4. The van der Waals surface area contributed by atoms with E-state index in [4.69, 9.17) is 4.42 Å². The van der Waals surface area contributed by atoms with E-state index >= 15 is 0 Å². The van der Waals surface area contributed by atoms with Gasteiger partial charge in [-0.05, 0) is 29.3 Å². The number of thioether (sulfide) groups is 1. The zero-order valence-corrected chi connectivity index (χ0v) is 13.4. The van der Waals surface area contributed by atoms with Gasteiger partial charge in [0.2, 0.25) is 5.82 Å². The van der Waals surface area contributed by atoms with E-state index in [0.717, 1.165) is 27.1 Å². The van der Waals surface area contributed by atoms with Gasteiger partial charge in [0, 0.05) is 6.07 Å². The highest BCUT2D eigenvalue weighted by Gasteiger charge is 2.15. The molecule has 0 bridgehead atoms. The van der Waals surface area contributed by atoms with Gasteiger partial charge < -0.3 is 4.42 Å². The lowest BCUT2D eigenvalue weighted by Gasteiger charge is -2.03. The molecule has 7 heteroatoms. The monoisotopic (exact) mass is 328 g/mol. The highest BCUT2D eigenvalue weighted by molar-refractivity contribution is 7.99. The molecule has 0 N–H and O–H groups in total. The fourth-order valence-corrected chi connectivity index (χ4v) is 3.42. The van der Waals surface area contributed by atoms with Crippen LogP contribution in [-0.4, -0.2) is 25.3 Å². The largest absolute Gasteiger partial charge is 0.461 e. The number of thiophene rings is 1. The maximum Gasteiger partial charge on any atom is 0.201 e. The van der Waals surface area contributed by atoms with Gasteiger partial charge in [0.05, 0.1) is 11.1 Å². The molecule has 0 aliphatic rings. The molecule has 4 aromatic heterocycles. The van der Waals surface area contributed by atoms with Crippen LogP contribution in [0.5, 0.6) is 0 Å². The van der Waals surface area contributed by atoms with Gasteiger partial charge in [-0.15, -0.1) is 11.3 Å². The summed E-state index contributed by atoms with van der Waals surface area (Å²) in [6.45, 7) is 2.08. The fourth-order valence-electron chi connectivity index (χ4n) is 2.17. The average Bonchev–Trinajstić information content (AvgIpc) is 3.26. The van der Waals surface area contributed by atoms with Crippen LogP contribution in [0, 0.1) is 0 Å². The molecule has 0 saturated carbocycles. The third kappa shape index (κ3) is 2.32. The molecule has 4 heterocycles. The minimum absolute atomic E-state index is 0.675. The standard InChI is InChI=1S/C15H12N4OS2/c1-2-21-15-16-13-9-10(12-6-4-8-22-12)18-19(13)14(17-15)11-5-3-7-20-11/h3-9H,2H2,1H3. The van der Waals surface area contributed by atoms with Crippen LogP contribution in [0.3, 0.4) is 0 Å². The summed E-state index contributed by atoms with van der Waals surface area (Å²) in [6.07, 6.45) is 1.64. The minimum atomic E-state index is 0.675. The molecule has 110 valence electrons. The first-order chi connectivity index (χ1) is 10.8. The fraction of sp³-hybridized carbons (Fsp3) is 0.133. The first-order valence-corrected chi connectivity index (χ1v) is 8.70. The van der Waals surface area contributed by atoms with Crippen LogP contribution in [0.1, 0.15) is 6.92 Å². The summed E-state index contributed by atoms with van der Waals surface area (Å²) in [5.74, 6) is 2.28. The number of rotatable bonds is 4. The molecule has 0 saturated heterocycles. The van der Waals surface area contributed by atoms with E-state index in [2.05, 4.69) is 22.0 Å². The summed E-state index contributed by atoms with van der Waals surface area (Å²) in [5.41, 5.74) is 1.68. The number of aromatic nitrogens is 4. The molecule has 4 aromatic rings. The SMILES string of the molecule is CCSc1nc(-c2ccco2)n2nc(-c3cccs3)cc2n1. The maximum absolute atomic E-state index is 5.50. The van der Waals surface area contributed by atoms with Crippen molar-refractivity contribution in [1.82, 2.24) is 19.6 Å². The summed E-state index contributed by atoms with van der Waals surface area (Å²) < 4.78 is 7.25. The highest BCUT2D eigenvalue weighted by atomic mass is 32.2. The third-order valence-corrected chi connectivity index (χ3v) is 4.71. The van der Waals surface area contributed by atoms with Gasteiger partial charge >= 0.3 is 0 Å². The molecule has 0 aliphatic carbocycles. The second-order valence-electron chi connectivity index (χ2n) is 4.52. The van der Waals surface area contributed by atoms with E-state index in [1.54, 1.807) is 33.9 Å². The van der Waals surface area contributed by atoms with Crippen LogP contribution in [0.2, 0.25) is 0 Å². The predicted molar refractivity (Wildman–Crippen MR) is 88.2 cm³/mol. The van der Waals surface area contributed by atoms with Crippen molar-refractivity contribution in [2.75, 3.05) is 5.75 Å². The number of furan rings is 1. The quantitative estimate of drug-likeness (QED) is 0.525. The lowest BCUT2D eigenvalue weighted by Crippen LogP contribution is -2.01. The molecule has 0 atom stereocenters. The topological polar surface area (TPSA) is 56.2 Å². The molecule has 0 aromatic carbocycles. The summed E-state index contributed by atoms with van der Waals surface area (Å²) in [4.78, 5) is 10.3. The second-order valence-corrected chi connectivity index (χ2v) is 6.70. The first kappa shape index (κ1) is 13.5. The van der Waals surface area contributed by atoms with Crippen molar-refractivity contribution in [2.45, 2.75) is 12.1 Å². The maximum atomic E-state index is 5.50. The minimum Gasteiger partial charge on any atom is -0.461 e. The molecule has 0 fully saturated rings. The van der Waals surface area contributed by atoms with Crippen LogP contribution in [0.25, 0.3) is 27.8 Å². The molecule has 0 unspecified atom stereocenters. The molecule has 0 spiro atoms. The van der Waals surface area contributed by atoms with Crippen LogP contribution in [0.15, 0.2) is 51.5 Å². The van der Waals surface area contributed by atoms with Gasteiger partial charge in [0.1, 0.15) is 5.69 Å². The van der Waals surface area contributed by atoms with Crippen molar-refractivity contribution in [2.24, 2.45) is 0 Å². The third-order valence-electron chi connectivity index (χ3n) is 3.09. The zero-order chi connectivity index (χ0) is 14.9. The lowest BCUT2D eigenvalue weighted by molar-refractivity contribution is 0.572. The Hall–Kier alpha value is -2.12. The van der Waals surface area contributed by atoms with Crippen molar-refractivity contribution in [3.63, 3.8) is 0 Å². The second kappa shape index (κ2) is 5.58. The van der Waals surface area contributed by atoms with E-state index in [9.17, 15) is 0 Å². The average molecular weight is 328 g/mol. The molecule has 0 amide bonds. The Balaban J connectivity index is 1.95. The summed E-state index contributed by atoms with van der Waals surface area (Å²) in [7, 11) is 0. The highest BCUT2D eigenvalue weighted by Crippen LogP contribution is 2.27. The van der Waals surface area contributed by atoms with Crippen LogP contribution >= 0.6 is 23.1 Å². The Labute approximate surface area is 135 Å². The molecular formula is C15H12N4OS2. The number of hydrogen-bond donors (Lipinski definition) is 0. The van der Waals surface area contributed by atoms with Crippen molar-refractivity contribution in [3.8, 4) is 22.2 Å². The Morgan fingerprint density at radius 2 is 2.23 bits per heavy atom. The van der Waals surface area contributed by atoms with Gasteiger partial charge in [-0.3, -0.25) is 0 Å². The van der Waals surface area contributed by atoms with Gasteiger partial charge in [-0.25, -0.2) is 4.98 Å². The molecule has 0 radical (unpaired) electrons. The normalized spacial score (nSPS) is 11.3. The Morgan fingerprint density at radius 3 is 2.95 bits per heavy atom. The van der Waals surface area contributed by atoms with Gasteiger partial charge in [0.25, 0.3) is 0 Å². The Morgan fingerprint density at radius 1 is 1.27 bits per heavy atom. The van der Waals surface area contributed by atoms with Crippen molar-refractivity contribution < 1.29 is 4.42 Å². The Bertz CT molecular complexity index is 897. The summed E-state index contributed by atoms with van der Waals surface area (Å²) in [5, 5.41) is 7.42. The predicted octanol–water partition coefficient (Wildman–Crippen LogP) is 4.22. The van der Waals surface area contributed by atoms with Crippen LogP contribution < -0.4 is 0 Å². The lowest BCUT2D eigenvalue weighted by atomic mass is 10.3. The molecule has 4 rings (SSSR count). The number of hydrogen-bond acceptors (Lipinski definition) is 6. The summed E-state index contributed by atoms with van der Waals surface area (Å²) in [6, 6.07) is 9.78. The molecular weight excluding hydrogens is 316 g/mol. The van der Waals surface area contributed by atoms with E-state index in [1.165, 1.54) is 0 Å². The van der Waals surface area contributed by atoms with E-state index in [0.29, 0.717) is 11.6 Å². The van der Waals surface area contributed by atoms with Crippen molar-refractivity contribution >= 4 is 28.7 Å². The molecule has 5 nitrogen and oxygen atoms in total. The van der Waals surface area contributed by atoms with E-state index < -0.39 is 0 Å². The van der Waals surface area contributed by atoms with E-state index in [1.807, 2.05) is 35.7 Å². The van der Waals surface area contributed by atoms with Crippen molar-refractivity contribution in [3.05, 3.63) is 42.0 Å². The van der Waals surface area contributed by atoms with Crippen molar-refractivity contribution in [1.29, 1.82) is 0 Å². The molecule has 0 aliphatic heterocycles. The first-order valence-electron chi connectivity index (χ1n) is 6.83. The van der Waals surface area contributed by atoms with Crippen LogP contribution in [-0.2, 0) is 0 Å². The van der Waals surface area contributed by atoms with Gasteiger partial charge in [-0.2, -0.15) is 14.6 Å². The van der Waals surface area contributed by atoms with Crippen LogP contribution in [0.4, 0.5) is 0 Å². The zero-order valence-electron chi connectivity index (χ0n) is 11.8. The smallest absolute Gasteiger partial charge is 0.201 e. The van der Waals surface area contributed by atoms with E-state index in [-0.39, 0.29) is 0 Å².